The van der Waals surface area contributed by atoms with E-state index in [9.17, 15) is 9.90 Å². The van der Waals surface area contributed by atoms with Crippen LogP contribution in [0.5, 0.6) is 5.75 Å². The summed E-state index contributed by atoms with van der Waals surface area (Å²) in [6.45, 7) is 6.84. The molecule has 0 saturated carbocycles. The van der Waals surface area contributed by atoms with Gasteiger partial charge in [-0.2, -0.15) is 0 Å². The van der Waals surface area contributed by atoms with E-state index in [-0.39, 0.29) is 0 Å². The predicted molar refractivity (Wildman–Crippen MR) is 112 cm³/mol. The van der Waals surface area contributed by atoms with E-state index >= 15 is 0 Å². The topological polar surface area (TPSA) is 84.6 Å². The first-order valence-corrected chi connectivity index (χ1v) is 9.90. The maximum atomic E-state index is 11.2. The molecule has 0 bridgehead atoms. The largest absolute Gasteiger partial charge is 0.478 e. The predicted octanol–water partition coefficient (Wildman–Crippen LogP) is 4.43. The number of aromatic nitrogens is 1. The molecule has 3 rings (SSSR count). The van der Waals surface area contributed by atoms with Crippen LogP contribution in [0.15, 0.2) is 52.9 Å². The molecule has 6 nitrogen and oxygen atoms in total. The Morgan fingerprint density at radius 2 is 2.03 bits per heavy atom. The number of carboxylic acid groups (broad SMARTS) is 1. The molecule has 1 unspecified atom stereocenters. The molecule has 2 aromatic carbocycles. The molecule has 3 aromatic rings. The molecule has 0 spiro atoms. The van der Waals surface area contributed by atoms with E-state index in [4.69, 9.17) is 9.15 Å². The second kappa shape index (κ2) is 9.09. The normalized spacial score (nSPS) is 12.8. The molecule has 0 radical (unpaired) electrons. The van der Waals surface area contributed by atoms with Crippen LogP contribution >= 0.6 is 0 Å². The fraction of sp³-hybridized carbons (Fsp3) is 0.391. The number of nitrogens with one attached hydrogen (secondary N) is 1. The molecule has 1 atom stereocenters. The zero-order valence-corrected chi connectivity index (χ0v) is 17.1. The van der Waals surface area contributed by atoms with Gasteiger partial charge in [-0.05, 0) is 62.6 Å². The van der Waals surface area contributed by atoms with Crippen molar-refractivity contribution in [3.63, 3.8) is 0 Å². The molecule has 0 saturated heterocycles. The molecule has 0 aliphatic rings. The molecule has 1 aromatic heterocycles. The number of nitrogens with zero attached hydrogens (tertiary/aromatic N) is 1. The summed E-state index contributed by atoms with van der Waals surface area (Å²) >= 11 is 0. The summed E-state index contributed by atoms with van der Waals surface area (Å²) in [5.41, 5.74) is 1.53. The van der Waals surface area contributed by atoms with Crippen LogP contribution in [-0.2, 0) is 17.8 Å². The Hall–Kier alpha value is -2.86. The molecule has 0 amide bonds. The number of rotatable bonds is 10. The fourth-order valence-electron chi connectivity index (χ4n) is 3.05. The van der Waals surface area contributed by atoms with Gasteiger partial charge in [0, 0.05) is 13.0 Å². The van der Waals surface area contributed by atoms with E-state index < -0.39 is 11.6 Å². The summed E-state index contributed by atoms with van der Waals surface area (Å²) in [5, 5.41) is 12.6. The summed E-state index contributed by atoms with van der Waals surface area (Å²) in [5.74, 6) is 0.793. The van der Waals surface area contributed by atoms with Crippen LogP contribution in [0.2, 0.25) is 0 Å². The highest BCUT2D eigenvalue weighted by molar-refractivity contribution is 5.76. The zero-order chi connectivity index (χ0) is 20.9. The summed E-state index contributed by atoms with van der Waals surface area (Å²) < 4.78 is 11.4. The van der Waals surface area contributed by atoms with E-state index in [1.54, 1.807) is 19.9 Å². The van der Waals surface area contributed by atoms with Gasteiger partial charge < -0.3 is 19.6 Å². The van der Waals surface area contributed by atoms with Crippen molar-refractivity contribution in [2.75, 3.05) is 6.54 Å². The molecule has 0 fully saturated rings. The van der Waals surface area contributed by atoms with Crippen molar-refractivity contribution in [2.45, 2.75) is 45.8 Å². The highest BCUT2D eigenvalue weighted by Crippen LogP contribution is 2.20. The molecule has 154 valence electrons. The Kier molecular flexibility index (Phi) is 6.54. The lowest BCUT2D eigenvalue weighted by atomic mass is 10.0. The van der Waals surface area contributed by atoms with Crippen molar-refractivity contribution >= 4 is 17.1 Å². The van der Waals surface area contributed by atoms with Crippen LogP contribution in [0.1, 0.15) is 38.6 Å². The third-order valence-corrected chi connectivity index (χ3v) is 4.79. The monoisotopic (exact) mass is 396 g/mol. The molecule has 1 heterocycles. The Balaban J connectivity index is 1.44. The van der Waals surface area contributed by atoms with Gasteiger partial charge in [0.1, 0.15) is 11.3 Å². The second-order valence-electron chi connectivity index (χ2n) is 7.92. The first-order chi connectivity index (χ1) is 13.8. The van der Waals surface area contributed by atoms with Crippen LogP contribution in [0.25, 0.3) is 11.1 Å². The van der Waals surface area contributed by atoms with Crippen LogP contribution in [0.4, 0.5) is 0 Å². The van der Waals surface area contributed by atoms with Crippen molar-refractivity contribution in [2.24, 2.45) is 5.92 Å². The van der Waals surface area contributed by atoms with Gasteiger partial charge >= 0.3 is 5.97 Å². The van der Waals surface area contributed by atoms with E-state index in [0.717, 1.165) is 41.9 Å². The molecular formula is C23H28N2O4. The highest BCUT2D eigenvalue weighted by atomic mass is 16.5. The Labute approximate surface area is 170 Å². The van der Waals surface area contributed by atoms with Crippen molar-refractivity contribution in [3.05, 3.63) is 60.0 Å². The lowest BCUT2D eigenvalue weighted by Crippen LogP contribution is -2.37. The number of fused-ring (bicyclic) bond motifs is 1. The van der Waals surface area contributed by atoms with E-state index in [1.807, 2.05) is 42.5 Å². The molecule has 6 heteroatoms. The Morgan fingerprint density at radius 3 is 2.79 bits per heavy atom. The number of oxazole rings is 1. The number of benzene rings is 2. The van der Waals surface area contributed by atoms with Crippen LogP contribution in [0, 0.1) is 5.92 Å². The Morgan fingerprint density at radius 1 is 1.24 bits per heavy atom. The quantitative estimate of drug-likeness (QED) is 0.493. The minimum Gasteiger partial charge on any atom is -0.478 e. The van der Waals surface area contributed by atoms with Gasteiger partial charge in [0.05, 0.1) is 0 Å². The average molecular weight is 396 g/mol. The Bertz CT molecular complexity index is 931. The average Bonchev–Trinajstić information content (AvgIpc) is 3.07. The number of para-hydroxylation sites is 2. The third-order valence-electron chi connectivity index (χ3n) is 4.79. The number of hydrogen-bond donors (Lipinski definition) is 2. The van der Waals surface area contributed by atoms with Gasteiger partial charge in [-0.3, -0.25) is 0 Å². The maximum Gasteiger partial charge on any atom is 0.347 e. The number of hydrogen-bond acceptors (Lipinski definition) is 5. The number of carboxylic acids is 1. The van der Waals surface area contributed by atoms with Crippen molar-refractivity contribution in [3.8, 4) is 5.75 Å². The first-order valence-electron chi connectivity index (χ1n) is 9.90. The van der Waals surface area contributed by atoms with Crippen molar-refractivity contribution in [1.82, 2.24) is 10.3 Å². The second-order valence-corrected chi connectivity index (χ2v) is 7.92. The fourth-order valence-corrected chi connectivity index (χ4v) is 3.05. The zero-order valence-electron chi connectivity index (χ0n) is 17.1. The van der Waals surface area contributed by atoms with E-state index in [2.05, 4.69) is 17.2 Å². The van der Waals surface area contributed by atoms with Gasteiger partial charge in [-0.15, -0.1) is 0 Å². The van der Waals surface area contributed by atoms with E-state index in [1.165, 1.54) is 0 Å². The lowest BCUT2D eigenvalue weighted by molar-refractivity contribution is -0.152. The smallest absolute Gasteiger partial charge is 0.347 e. The standard InChI is InChI=1S/C23H28N2O4/c1-16(13-21-25-19-9-4-5-10-20(19)28-21)11-12-24-15-17-7-6-8-18(14-17)29-23(2,3)22(26)27/h4-10,14,16,24H,11-13,15H2,1-3H3,(H,26,27). The molecule has 2 N–H and O–H groups in total. The molecular weight excluding hydrogens is 368 g/mol. The molecule has 0 aliphatic carbocycles. The number of aliphatic carboxylic acids is 1. The van der Waals surface area contributed by atoms with Gasteiger partial charge in [0.15, 0.2) is 17.1 Å². The molecule has 0 aliphatic heterocycles. The first kappa shape index (κ1) is 20.9. The minimum atomic E-state index is -1.26. The minimum absolute atomic E-state index is 0.446. The maximum absolute atomic E-state index is 11.2. The van der Waals surface area contributed by atoms with Crippen molar-refractivity contribution < 1.29 is 19.1 Å². The van der Waals surface area contributed by atoms with Crippen LogP contribution in [-0.4, -0.2) is 28.2 Å². The van der Waals surface area contributed by atoms with Crippen LogP contribution < -0.4 is 10.1 Å². The number of ether oxygens (including phenoxy) is 1. The summed E-state index contributed by atoms with van der Waals surface area (Å²) in [7, 11) is 0. The van der Waals surface area contributed by atoms with Gasteiger partial charge in [-0.1, -0.05) is 31.2 Å². The van der Waals surface area contributed by atoms with E-state index in [0.29, 0.717) is 18.2 Å². The highest BCUT2D eigenvalue weighted by Gasteiger charge is 2.29. The van der Waals surface area contributed by atoms with Gasteiger partial charge in [0.2, 0.25) is 0 Å². The third kappa shape index (κ3) is 5.81. The summed E-state index contributed by atoms with van der Waals surface area (Å²) in [4.78, 5) is 15.8. The number of carbonyl (C=O) groups is 1. The molecule has 29 heavy (non-hydrogen) atoms. The van der Waals surface area contributed by atoms with Gasteiger partial charge in [-0.25, -0.2) is 9.78 Å². The summed E-state index contributed by atoms with van der Waals surface area (Å²) in [6, 6.07) is 15.3. The van der Waals surface area contributed by atoms with Gasteiger partial charge in [0.25, 0.3) is 0 Å². The SMILES string of the molecule is CC(CCNCc1cccc(OC(C)(C)C(=O)O)c1)Cc1nc2ccccc2o1. The lowest BCUT2D eigenvalue weighted by Gasteiger charge is -2.21. The van der Waals surface area contributed by atoms with Crippen LogP contribution in [0.3, 0.4) is 0 Å². The van der Waals surface area contributed by atoms with Crippen molar-refractivity contribution in [1.29, 1.82) is 0 Å². The summed E-state index contributed by atoms with van der Waals surface area (Å²) in [6.07, 6.45) is 1.81.